The van der Waals surface area contributed by atoms with E-state index in [1.165, 1.54) is 43.2 Å². The second kappa shape index (κ2) is 11.0. The number of ether oxygens (including phenoxy) is 2. The quantitative estimate of drug-likeness (QED) is 0.563. The van der Waals surface area contributed by atoms with Crippen molar-refractivity contribution in [3.63, 3.8) is 0 Å². The van der Waals surface area contributed by atoms with Gasteiger partial charge in [0.15, 0.2) is 0 Å². The first kappa shape index (κ1) is 23.6. The van der Waals surface area contributed by atoms with Crippen molar-refractivity contribution in [2.45, 2.75) is 57.5 Å². The Morgan fingerprint density at radius 3 is 2.03 bits per heavy atom. The SMILES string of the molecule is COc1ccc(C(C)(C)c2ccc(OCC(O)CN(C)CC3CCCCC3)cc2)cc1. The Morgan fingerprint density at radius 2 is 1.48 bits per heavy atom. The Kier molecular flexibility index (Phi) is 8.39. The highest BCUT2D eigenvalue weighted by molar-refractivity contribution is 5.41. The van der Waals surface area contributed by atoms with Gasteiger partial charge in [-0.05, 0) is 61.2 Å². The normalized spacial score (nSPS) is 16.3. The van der Waals surface area contributed by atoms with Crippen molar-refractivity contribution in [1.82, 2.24) is 4.90 Å². The molecule has 1 N–H and O–H groups in total. The summed E-state index contributed by atoms with van der Waals surface area (Å²) in [6, 6.07) is 16.5. The molecular weight excluding hydrogens is 386 g/mol. The van der Waals surface area contributed by atoms with Crippen LogP contribution in [0.15, 0.2) is 48.5 Å². The predicted octanol–water partition coefficient (Wildman–Crippen LogP) is 5.27. The van der Waals surface area contributed by atoms with Gasteiger partial charge < -0.3 is 19.5 Å². The smallest absolute Gasteiger partial charge is 0.119 e. The van der Waals surface area contributed by atoms with Gasteiger partial charge in [-0.3, -0.25) is 0 Å². The molecular formula is C27H39NO3. The number of rotatable bonds is 10. The maximum absolute atomic E-state index is 10.4. The minimum absolute atomic E-state index is 0.119. The molecule has 170 valence electrons. The lowest BCUT2D eigenvalue weighted by Crippen LogP contribution is -2.36. The van der Waals surface area contributed by atoms with Crippen LogP contribution in [-0.2, 0) is 5.41 Å². The average Bonchev–Trinajstić information content (AvgIpc) is 2.78. The van der Waals surface area contributed by atoms with Gasteiger partial charge in [0.25, 0.3) is 0 Å². The minimum Gasteiger partial charge on any atom is -0.497 e. The maximum Gasteiger partial charge on any atom is 0.119 e. The molecule has 3 rings (SSSR count). The topological polar surface area (TPSA) is 41.9 Å². The zero-order valence-electron chi connectivity index (χ0n) is 19.6. The number of methoxy groups -OCH3 is 1. The molecule has 1 unspecified atom stereocenters. The zero-order valence-corrected chi connectivity index (χ0v) is 19.6. The second-order valence-electron chi connectivity index (χ2n) is 9.57. The van der Waals surface area contributed by atoms with Gasteiger partial charge in [0.05, 0.1) is 7.11 Å². The average molecular weight is 426 g/mol. The fourth-order valence-electron chi connectivity index (χ4n) is 4.63. The molecule has 4 nitrogen and oxygen atoms in total. The monoisotopic (exact) mass is 425 g/mol. The fraction of sp³-hybridized carbons (Fsp3) is 0.556. The van der Waals surface area contributed by atoms with Gasteiger partial charge in [-0.2, -0.15) is 0 Å². The summed E-state index contributed by atoms with van der Waals surface area (Å²) in [5, 5.41) is 10.4. The molecule has 0 bridgehead atoms. The molecule has 4 heteroatoms. The molecule has 0 radical (unpaired) electrons. The molecule has 0 heterocycles. The van der Waals surface area contributed by atoms with Crippen LogP contribution in [0.3, 0.4) is 0 Å². The van der Waals surface area contributed by atoms with Crippen LogP contribution in [0.4, 0.5) is 0 Å². The standard InChI is InChI=1S/C27H39NO3/c1-27(2,22-10-14-25(30-4)15-11-22)23-12-16-26(17-13-23)31-20-24(29)19-28(3)18-21-8-6-5-7-9-21/h10-17,21,24,29H,5-9,18-20H2,1-4H3. The molecule has 1 fully saturated rings. The lowest BCUT2D eigenvalue weighted by Gasteiger charge is -2.28. The van der Waals surface area contributed by atoms with Gasteiger partial charge in [-0.25, -0.2) is 0 Å². The second-order valence-corrected chi connectivity index (χ2v) is 9.57. The first-order chi connectivity index (χ1) is 14.9. The van der Waals surface area contributed by atoms with Crippen molar-refractivity contribution >= 4 is 0 Å². The third-order valence-corrected chi connectivity index (χ3v) is 6.65. The first-order valence-corrected chi connectivity index (χ1v) is 11.6. The summed E-state index contributed by atoms with van der Waals surface area (Å²) in [5.74, 6) is 2.45. The third kappa shape index (κ3) is 6.72. The molecule has 1 saturated carbocycles. The molecule has 0 aliphatic heterocycles. The molecule has 2 aromatic carbocycles. The number of aliphatic hydroxyl groups is 1. The first-order valence-electron chi connectivity index (χ1n) is 11.6. The van der Waals surface area contributed by atoms with E-state index in [9.17, 15) is 5.11 Å². The highest BCUT2D eigenvalue weighted by atomic mass is 16.5. The van der Waals surface area contributed by atoms with Crippen molar-refractivity contribution in [3.05, 3.63) is 59.7 Å². The molecule has 0 saturated heterocycles. The third-order valence-electron chi connectivity index (χ3n) is 6.65. The molecule has 0 aromatic heterocycles. The van der Waals surface area contributed by atoms with Gasteiger partial charge in [-0.15, -0.1) is 0 Å². The van der Waals surface area contributed by atoms with Crippen molar-refractivity contribution < 1.29 is 14.6 Å². The minimum atomic E-state index is -0.482. The zero-order chi connectivity index (χ0) is 22.3. The summed E-state index contributed by atoms with van der Waals surface area (Å²) in [6.45, 7) is 6.48. The molecule has 1 aliphatic carbocycles. The van der Waals surface area contributed by atoms with Crippen LogP contribution in [0.25, 0.3) is 0 Å². The van der Waals surface area contributed by atoms with Gasteiger partial charge >= 0.3 is 0 Å². The summed E-state index contributed by atoms with van der Waals surface area (Å²) < 4.78 is 11.1. The molecule has 31 heavy (non-hydrogen) atoms. The van der Waals surface area contributed by atoms with Crippen molar-refractivity contribution in [1.29, 1.82) is 0 Å². The van der Waals surface area contributed by atoms with Crippen LogP contribution < -0.4 is 9.47 Å². The highest BCUT2D eigenvalue weighted by Gasteiger charge is 2.23. The number of nitrogens with zero attached hydrogens (tertiary/aromatic N) is 1. The van der Waals surface area contributed by atoms with Crippen LogP contribution in [0.1, 0.15) is 57.1 Å². The Balaban J connectivity index is 1.49. The Labute approximate surface area is 188 Å². The van der Waals surface area contributed by atoms with Gasteiger partial charge in [0.2, 0.25) is 0 Å². The molecule has 2 aromatic rings. The van der Waals surface area contributed by atoms with Crippen molar-refractivity contribution in [3.8, 4) is 11.5 Å². The van der Waals surface area contributed by atoms with E-state index in [-0.39, 0.29) is 5.41 Å². The maximum atomic E-state index is 10.4. The summed E-state index contributed by atoms with van der Waals surface area (Å²) in [7, 11) is 3.79. The molecule has 1 aliphatic rings. The lowest BCUT2D eigenvalue weighted by molar-refractivity contribution is 0.0695. The van der Waals surface area contributed by atoms with Crippen molar-refractivity contribution in [2.75, 3.05) is 33.9 Å². The molecule has 0 spiro atoms. The number of hydrogen-bond acceptors (Lipinski definition) is 4. The predicted molar refractivity (Wildman–Crippen MR) is 127 cm³/mol. The summed E-state index contributed by atoms with van der Waals surface area (Å²) in [4.78, 5) is 2.25. The summed E-state index contributed by atoms with van der Waals surface area (Å²) in [6.07, 6.45) is 6.27. The van der Waals surface area contributed by atoms with Crippen LogP contribution in [0, 0.1) is 5.92 Å². The Morgan fingerprint density at radius 1 is 0.935 bits per heavy atom. The van der Waals surface area contributed by atoms with E-state index in [1.54, 1.807) is 7.11 Å². The molecule has 0 amide bonds. The number of likely N-dealkylation sites (N-methyl/N-ethyl adjacent to an activating group) is 1. The summed E-state index contributed by atoms with van der Waals surface area (Å²) >= 11 is 0. The number of benzene rings is 2. The van der Waals surface area contributed by atoms with Gasteiger partial charge in [0.1, 0.15) is 24.2 Å². The van der Waals surface area contributed by atoms with E-state index in [2.05, 4.69) is 50.1 Å². The van der Waals surface area contributed by atoms with E-state index in [1.807, 2.05) is 24.3 Å². The van der Waals surface area contributed by atoms with E-state index >= 15 is 0 Å². The summed E-state index contributed by atoms with van der Waals surface area (Å²) in [5.41, 5.74) is 2.34. The van der Waals surface area contributed by atoms with Crippen molar-refractivity contribution in [2.24, 2.45) is 5.92 Å². The van der Waals surface area contributed by atoms with Crippen LogP contribution in [0.5, 0.6) is 11.5 Å². The van der Waals surface area contributed by atoms with Crippen LogP contribution >= 0.6 is 0 Å². The van der Waals surface area contributed by atoms with Crippen LogP contribution in [0.2, 0.25) is 0 Å². The van der Waals surface area contributed by atoms with Gasteiger partial charge in [-0.1, -0.05) is 57.4 Å². The van der Waals surface area contributed by atoms with E-state index in [4.69, 9.17) is 9.47 Å². The van der Waals surface area contributed by atoms with Crippen LogP contribution in [-0.4, -0.2) is 50.0 Å². The van der Waals surface area contributed by atoms with E-state index < -0.39 is 6.10 Å². The largest absolute Gasteiger partial charge is 0.497 e. The highest BCUT2D eigenvalue weighted by Crippen LogP contribution is 2.33. The fourth-order valence-corrected chi connectivity index (χ4v) is 4.63. The molecule has 1 atom stereocenters. The van der Waals surface area contributed by atoms with E-state index in [0.29, 0.717) is 13.2 Å². The van der Waals surface area contributed by atoms with E-state index in [0.717, 1.165) is 24.0 Å². The lowest BCUT2D eigenvalue weighted by atomic mass is 9.78. The Hall–Kier alpha value is -2.04. The Bertz CT molecular complexity index is 779. The number of aliphatic hydroxyl groups excluding tert-OH is 1. The number of hydrogen-bond donors (Lipinski definition) is 1. The van der Waals surface area contributed by atoms with Gasteiger partial charge in [0, 0.05) is 18.5 Å².